The number of carbonyl (C=O) groups is 1. The molecular formula is C15H20ClFN2O2. The zero-order chi connectivity index (χ0) is 15.2. The number of amides is 1. The number of hydrogen-bond acceptors (Lipinski definition) is 3. The van der Waals surface area contributed by atoms with E-state index < -0.39 is 5.82 Å². The zero-order valence-electron chi connectivity index (χ0n) is 12.1. The lowest BCUT2D eigenvalue weighted by Crippen LogP contribution is -2.42. The number of rotatable bonds is 5. The molecular weight excluding hydrogens is 295 g/mol. The van der Waals surface area contributed by atoms with E-state index in [9.17, 15) is 9.18 Å². The van der Waals surface area contributed by atoms with Crippen LogP contribution in [-0.2, 0) is 9.53 Å². The quantitative estimate of drug-likeness (QED) is 0.849. The monoisotopic (exact) mass is 314 g/mol. The highest BCUT2D eigenvalue weighted by Gasteiger charge is 2.25. The van der Waals surface area contributed by atoms with Gasteiger partial charge in [-0.2, -0.15) is 0 Å². The molecule has 0 aliphatic carbocycles. The average Bonchev–Trinajstić information content (AvgIpc) is 2.50. The molecule has 2 rings (SSSR count). The second-order valence-corrected chi connectivity index (χ2v) is 5.49. The molecule has 1 fully saturated rings. The van der Waals surface area contributed by atoms with Gasteiger partial charge in [0.2, 0.25) is 5.91 Å². The van der Waals surface area contributed by atoms with Gasteiger partial charge in [0.05, 0.1) is 18.2 Å². The number of nitrogens with zero attached hydrogens (tertiary/aromatic N) is 1. The summed E-state index contributed by atoms with van der Waals surface area (Å²) >= 11 is 5.80. The smallest absolute Gasteiger partial charge is 0.222 e. The number of halogens is 2. The van der Waals surface area contributed by atoms with E-state index >= 15 is 0 Å². The van der Waals surface area contributed by atoms with Gasteiger partial charge in [0.15, 0.2) is 0 Å². The maximum absolute atomic E-state index is 13.2. The van der Waals surface area contributed by atoms with Crippen molar-refractivity contribution in [3.05, 3.63) is 34.6 Å². The molecule has 1 N–H and O–H groups in total. The van der Waals surface area contributed by atoms with Crippen LogP contribution in [-0.4, -0.2) is 44.1 Å². The van der Waals surface area contributed by atoms with E-state index in [2.05, 4.69) is 5.32 Å². The van der Waals surface area contributed by atoms with Crippen molar-refractivity contribution in [2.24, 2.45) is 0 Å². The highest BCUT2D eigenvalue weighted by atomic mass is 35.5. The first-order valence-corrected chi connectivity index (χ1v) is 7.48. The highest BCUT2D eigenvalue weighted by molar-refractivity contribution is 6.30. The Kier molecular flexibility index (Phi) is 5.96. The van der Waals surface area contributed by atoms with E-state index in [1.165, 1.54) is 6.07 Å². The lowest BCUT2D eigenvalue weighted by Gasteiger charge is -2.33. The van der Waals surface area contributed by atoms with E-state index in [4.69, 9.17) is 16.3 Å². The number of morpholine rings is 1. The van der Waals surface area contributed by atoms with Crippen molar-refractivity contribution in [1.82, 2.24) is 10.2 Å². The molecule has 4 nitrogen and oxygen atoms in total. The fourth-order valence-corrected chi connectivity index (χ4v) is 2.55. The van der Waals surface area contributed by atoms with Crippen molar-refractivity contribution < 1.29 is 13.9 Å². The van der Waals surface area contributed by atoms with Crippen LogP contribution < -0.4 is 5.32 Å². The molecule has 1 amide bonds. The van der Waals surface area contributed by atoms with Crippen molar-refractivity contribution >= 4 is 17.5 Å². The molecule has 0 bridgehead atoms. The molecule has 1 aromatic carbocycles. The molecule has 1 aromatic rings. The minimum absolute atomic E-state index is 0.0774. The minimum Gasteiger partial charge on any atom is -0.370 e. The highest BCUT2D eigenvalue weighted by Crippen LogP contribution is 2.26. The maximum Gasteiger partial charge on any atom is 0.222 e. The van der Waals surface area contributed by atoms with Gasteiger partial charge in [-0.05, 0) is 37.7 Å². The average molecular weight is 315 g/mol. The van der Waals surface area contributed by atoms with Crippen LogP contribution in [0.25, 0.3) is 0 Å². The predicted octanol–water partition coefficient (Wildman–Crippen LogP) is 2.38. The summed E-state index contributed by atoms with van der Waals surface area (Å²) < 4.78 is 18.9. The lowest BCUT2D eigenvalue weighted by molar-refractivity contribution is -0.139. The summed E-state index contributed by atoms with van der Waals surface area (Å²) in [5, 5.41) is 3.10. The summed E-state index contributed by atoms with van der Waals surface area (Å²) in [6.07, 6.45) is 1.10. The van der Waals surface area contributed by atoms with Gasteiger partial charge in [-0.3, -0.25) is 4.79 Å². The summed E-state index contributed by atoms with van der Waals surface area (Å²) in [5.74, 6) is -0.317. The predicted molar refractivity (Wildman–Crippen MR) is 79.8 cm³/mol. The summed E-state index contributed by atoms with van der Waals surface area (Å²) in [6, 6.07) is 4.55. The third-order valence-electron chi connectivity index (χ3n) is 3.55. The fourth-order valence-electron chi connectivity index (χ4n) is 2.36. The maximum atomic E-state index is 13.2. The molecule has 0 spiro atoms. The number of ether oxygens (including phenoxy) is 1. The van der Waals surface area contributed by atoms with Crippen molar-refractivity contribution in [2.75, 3.05) is 33.3 Å². The van der Waals surface area contributed by atoms with Gasteiger partial charge in [0.1, 0.15) is 11.9 Å². The van der Waals surface area contributed by atoms with Crippen LogP contribution in [0, 0.1) is 5.82 Å². The number of hydrogen-bond donors (Lipinski definition) is 1. The van der Waals surface area contributed by atoms with E-state index in [1.807, 2.05) is 7.05 Å². The molecule has 6 heteroatoms. The Morgan fingerprint density at radius 1 is 1.57 bits per heavy atom. The fraction of sp³-hybridized carbons (Fsp3) is 0.533. The molecule has 1 atom stereocenters. The summed E-state index contributed by atoms with van der Waals surface area (Å²) in [5.41, 5.74) is 0.800. The topological polar surface area (TPSA) is 41.6 Å². The largest absolute Gasteiger partial charge is 0.370 e. The Morgan fingerprint density at radius 2 is 2.38 bits per heavy atom. The van der Waals surface area contributed by atoms with Crippen molar-refractivity contribution in [3.8, 4) is 0 Å². The zero-order valence-corrected chi connectivity index (χ0v) is 12.8. The van der Waals surface area contributed by atoms with Crippen molar-refractivity contribution in [3.63, 3.8) is 0 Å². The van der Waals surface area contributed by atoms with Gasteiger partial charge in [0, 0.05) is 13.0 Å². The molecule has 1 saturated heterocycles. The number of carbonyl (C=O) groups excluding carboxylic acids is 1. The molecule has 0 aromatic heterocycles. The van der Waals surface area contributed by atoms with E-state index in [0.29, 0.717) is 26.1 Å². The summed E-state index contributed by atoms with van der Waals surface area (Å²) in [6.45, 7) is 2.40. The Labute approximate surface area is 129 Å². The normalized spacial score (nSPS) is 18.8. The Balaban J connectivity index is 1.96. The Morgan fingerprint density at radius 3 is 3.10 bits per heavy atom. The number of nitrogens with one attached hydrogen (secondary N) is 1. The van der Waals surface area contributed by atoms with Gasteiger partial charge >= 0.3 is 0 Å². The Hall–Kier alpha value is -1.17. The van der Waals surface area contributed by atoms with Crippen molar-refractivity contribution in [2.45, 2.75) is 18.9 Å². The van der Waals surface area contributed by atoms with Crippen LogP contribution in [0.15, 0.2) is 18.2 Å². The molecule has 1 aliphatic heterocycles. The van der Waals surface area contributed by atoms with Gasteiger partial charge in [0.25, 0.3) is 0 Å². The van der Waals surface area contributed by atoms with Crippen LogP contribution in [0.4, 0.5) is 4.39 Å². The van der Waals surface area contributed by atoms with Crippen LogP contribution in [0.3, 0.4) is 0 Å². The molecule has 0 radical (unpaired) electrons. The molecule has 1 aliphatic rings. The van der Waals surface area contributed by atoms with Crippen LogP contribution >= 0.6 is 11.6 Å². The third kappa shape index (κ3) is 4.40. The van der Waals surface area contributed by atoms with Crippen LogP contribution in [0.1, 0.15) is 24.5 Å². The van der Waals surface area contributed by atoms with E-state index in [1.54, 1.807) is 17.0 Å². The molecule has 116 valence electrons. The minimum atomic E-state index is -0.448. The number of benzene rings is 1. The SMILES string of the molecule is CNCCCC(=O)N1CCOC(c2ccc(F)c(Cl)c2)C1. The van der Waals surface area contributed by atoms with E-state index in [0.717, 1.165) is 18.5 Å². The second kappa shape index (κ2) is 7.73. The third-order valence-corrected chi connectivity index (χ3v) is 3.84. The lowest BCUT2D eigenvalue weighted by atomic mass is 10.1. The van der Waals surface area contributed by atoms with Crippen LogP contribution in [0.5, 0.6) is 0 Å². The molecule has 1 heterocycles. The van der Waals surface area contributed by atoms with Gasteiger partial charge in [-0.25, -0.2) is 4.39 Å². The first kappa shape index (κ1) is 16.2. The second-order valence-electron chi connectivity index (χ2n) is 5.08. The first-order chi connectivity index (χ1) is 10.1. The van der Waals surface area contributed by atoms with E-state index in [-0.39, 0.29) is 17.0 Å². The van der Waals surface area contributed by atoms with Crippen LogP contribution in [0.2, 0.25) is 5.02 Å². The standard InChI is InChI=1S/C15H20ClFN2O2/c1-18-6-2-3-15(20)19-7-8-21-14(10-19)11-4-5-13(17)12(16)9-11/h4-5,9,14,18H,2-3,6-8,10H2,1H3. The first-order valence-electron chi connectivity index (χ1n) is 7.10. The molecule has 0 saturated carbocycles. The van der Waals surface area contributed by atoms with Gasteiger partial charge < -0.3 is 15.0 Å². The van der Waals surface area contributed by atoms with Gasteiger partial charge in [-0.1, -0.05) is 17.7 Å². The van der Waals surface area contributed by atoms with Crippen molar-refractivity contribution in [1.29, 1.82) is 0 Å². The summed E-state index contributed by atoms with van der Waals surface area (Å²) in [4.78, 5) is 13.9. The Bertz CT molecular complexity index is 499. The van der Waals surface area contributed by atoms with Gasteiger partial charge in [-0.15, -0.1) is 0 Å². The molecule has 1 unspecified atom stereocenters. The summed E-state index contributed by atoms with van der Waals surface area (Å²) in [7, 11) is 1.87. The molecule has 21 heavy (non-hydrogen) atoms.